The van der Waals surface area contributed by atoms with Crippen molar-refractivity contribution in [1.29, 1.82) is 0 Å². The molecule has 2 aliphatic carbocycles. The highest BCUT2D eigenvalue weighted by atomic mass is 35.5. The quantitative estimate of drug-likeness (QED) is 0.580. The Bertz CT molecular complexity index is 276. The van der Waals surface area contributed by atoms with E-state index in [1.807, 2.05) is 0 Å². The summed E-state index contributed by atoms with van der Waals surface area (Å²) < 4.78 is 11.2. The van der Waals surface area contributed by atoms with Crippen molar-refractivity contribution in [3.8, 4) is 0 Å². The van der Waals surface area contributed by atoms with Gasteiger partial charge in [-0.1, -0.05) is 19.3 Å². The molecule has 106 valence electrons. The fourth-order valence-electron chi connectivity index (χ4n) is 3.89. The summed E-state index contributed by atoms with van der Waals surface area (Å²) in [7, 11) is 1.96. The van der Waals surface area contributed by atoms with E-state index < -0.39 is 9.28 Å². The molecule has 2 saturated carbocycles. The Morgan fingerprint density at radius 3 is 2.39 bits per heavy atom. The molecule has 2 nitrogen and oxygen atoms in total. The van der Waals surface area contributed by atoms with Gasteiger partial charge in [-0.2, -0.15) is 0 Å². The van der Waals surface area contributed by atoms with Crippen LogP contribution in [0.4, 0.5) is 0 Å². The van der Waals surface area contributed by atoms with Gasteiger partial charge in [0, 0.05) is 19.8 Å². The molecular weight excluding hydrogens is 287 g/mol. The van der Waals surface area contributed by atoms with Crippen LogP contribution >= 0.6 is 23.2 Å². The molecule has 0 aromatic heterocycles. The molecule has 0 N–H and O–H groups in total. The molecule has 2 rings (SSSR count). The standard InChI is InChI=1S/C13H24Cl2O2Si/c1-16-18(17-2)11-7-5-6-10(11)13(15)9-4-3-8-12(13)14/h10-12,18H,3-9H2,1-2H3. The molecule has 0 heterocycles. The van der Waals surface area contributed by atoms with Crippen molar-refractivity contribution in [3.05, 3.63) is 0 Å². The van der Waals surface area contributed by atoms with Crippen LogP contribution in [0.25, 0.3) is 0 Å². The minimum Gasteiger partial charge on any atom is -0.400 e. The lowest BCUT2D eigenvalue weighted by Gasteiger charge is -2.43. The Hall–Kier alpha value is 0.717. The third-order valence-electron chi connectivity index (χ3n) is 4.79. The van der Waals surface area contributed by atoms with Gasteiger partial charge < -0.3 is 8.85 Å². The minimum atomic E-state index is -1.59. The van der Waals surface area contributed by atoms with Gasteiger partial charge in [0.15, 0.2) is 0 Å². The third-order valence-corrected chi connectivity index (χ3v) is 8.67. The largest absolute Gasteiger partial charge is 0.400 e. The first-order valence-corrected chi connectivity index (χ1v) is 9.44. The van der Waals surface area contributed by atoms with Crippen LogP contribution in [0.1, 0.15) is 44.9 Å². The summed E-state index contributed by atoms with van der Waals surface area (Å²) in [5.74, 6) is 0.485. The SMILES string of the molecule is CO[SiH](OC)C1CCCC1C1(Cl)CCCCC1Cl. The third kappa shape index (κ3) is 2.75. The highest BCUT2D eigenvalue weighted by molar-refractivity contribution is 6.47. The van der Waals surface area contributed by atoms with E-state index in [0.29, 0.717) is 11.5 Å². The van der Waals surface area contributed by atoms with Crippen LogP contribution in [0.5, 0.6) is 0 Å². The highest BCUT2D eigenvalue weighted by Gasteiger charge is 2.51. The van der Waals surface area contributed by atoms with Gasteiger partial charge in [0.1, 0.15) is 0 Å². The van der Waals surface area contributed by atoms with Crippen molar-refractivity contribution >= 4 is 32.5 Å². The van der Waals surface area contributed by atoms with E-state index in [1.54, 1.807) is 14.2 Å². The number of rotatable bonds is 4. The Kier molecular flexibility index (Phi) is 5.41. The van der Waals surface area contributed by atoms with Crippen molar-refractivity contribution in [2.45, 2.75) is 60.7 Å². The second-order valence-corrected chi connectivity index (χ2v) is 9.45. The molecule has 4 atom stereocenters. The Labute approximate surface area is 122 Å². The number of hydrogen-bond acceptors (Lipinski definition) is 2. The van der Waals surface area contributed by atoms with Gasteiger partial charge in [-0.3, -0.25) is 0 Å². The molecule has 2 aliphatic rings. The summed E-state index contributed by atoms with van der Waals surface area (Å²) in [5.41, 5.74) is 0.525. The van der Waals surface area contributed by atoms with Crippen LogP contribution in [0, 0.1) is 5.92 Å². The van der Waals surface area contributed by atoms with Crippen molar-refractivity contribution in [3.63, 3.8) is 0 Å². The number of halogens is 2. The van der Waals surface area contributed by atoms with E-state index in [4.69, 9.17) is 32.1 Å². The fourth-order valence-corrected chi connectivity index (χ4v) is 7.27. The Morgan fingerprint density at radius 1 is 1.06 bits per heavy atom. The zero-order valence-corrected chi connectivity index (χ0v) is 14.0. The molecule has 0 aromatic carbocycles. The zero-order valence-electron chi connectivity index (χ0n) is 11.3. The van der Waals surface area contributed by atoms with Crippen LogP contribution in [0.3, 0.4) is 0 Å². The number of hydrogen-bond donors (Lipinski definition) is 0. The lowest BCUT2D eigenvalue weighted by atomic mass is 9.77. The fraction of sp³-hybridized carbons (Fsp3) is 1.00. The summed E-state index contributed by atoms with van der Waals surface area (Å²) in [6.45, 7) is 0. The van der Waals surface area contributed by atoms with Gasteiger partial charge >= 0.3 is 9.28 Å². The van der Waals surface area contributed by atoms with E-state index >= 15 is 0 Å². The van der Waals surface area contributed by atoms with E-state index in [0.717, 1.165) is 12.8 Å². The van der Waals surface area contributed by atoms with Gasteiger partial charge in [-0.05, 0) is 31.6 Å². The predicted molar refractivity (Wildman–Crippen MR) is 79.0 cm³/mol. The van der Waals surface area contributed by atoms with Crippen LogP contribution in [-0.4, -0.2) is 33.8 Å². The first-order valence-electron chi connectivity index (χ1n) is 7.02. The molecule has 5 heteroatoms. The lowest BCUT2D eigenvalue weighted by molar-refractivity contribution is 0.226. The van der Waals surface area contributed by atoms with E-state index in [9.17, 15) is 0 Å². The summed E-state index contributed by atoms with van der Waals surface area (Å²) >= 11 is 13.5. The van der Waals surface area contributed by atoms with Crippen LogP contribution in [0.15, 0.2) is 0 Å². The van der Waals surface area contributed by atoms with E-state index in [2.05, 4.69) is 0 Å². The molecule has 0 radical (unpaired) electrons. The first-order chi connectivity index (χ1) is 8.63. The molecule has 2 fully saturated rings. The van der Waals surface area contributed by atoms with Crippen molar-refractivity contribution < 1.29 is 8.85 Å². The normalized spacial score (nSPS) is 41.5. The molecule has 18 heavy (non-hydrogen) atoms. The predicted octanol–water partition coefficient (Wildman–Crippen LogP) is 3.83. The van der Waals surface area contributed by atoms with Gasteiger partial charge in [0.2, 0.25) is 0 Å². The molecule has 0 aromatic rings. The lowest BCUT2D eigenvalue weighted by Crippen LogP contribution is -2.46. The molecule has 0 spiro atoms. The summed E-state index contributed by atoms with van der Waals surface area (Å²) in [5, 5.41) is 0.113. The van der Waals surface area contributed by atoms with Crippen LogP contribution in [0.2, 0.25) is 5.54 Å². The van der Waals surface area contributed by atoms with Gasteiger partial charge in [-0.15, -0.1) is 23.2 Å². The van der Waals surface area contributed by atoms with Gasteiger partial charge in [-0.25, -0.2) is 0 Å². The summed E-state index contributed by atoms with van der Waals surface area (Å²) in [6.07, 6.45) is 8.16. The molecule has 0 saturated heterocycles. The molecule has 0 aliphatic heterocycles. The second-order valence-electron chi connectivity index (χ2n) is 5.68. The Morgan fingerprint density at radius 2 is 1.78 bits per heavy atom. The first kappa shape index (κ1) is 15.1. The van der Waals surface area contributed by atoms with Crippen molar-refractivity contribution in [2.75, 3.05) is 14.2 Å². The molecule has 4 unspecified atom stereocenters. The highest BCUT2D eigenvalue weighted by Crippen LogP contribution is 2.54. The van der Waals surface area contributed by atoms with Crippen LogP contribution in [-0.2, 0) is 8.85 Å². The van der Waals surface area contributed by atoms with Gasteiger partial charge in [0.25, 0.3) is 0 Å². The van der Waals surface area contributed by atoms with Crippen molar-refractivity contribution in [1.82, 2.24) is 0 Å². The van der Waals surface area contributed by atoms with E-state index in [1.165, 1.54) is 32.1 Å². The maximum Gasteiger partial charge on any atom is 0.324 e. The average Bonchev–Trinajstić information content (AvgIpc) is 2.84. The zero-order chi connectivity index (χ0) is 13.2. The smallest absolute Gasteiger partial charge is 0.324 e. The maximum absolute atomic E-state index is 6.96. The topological polar surface area (TPSA) is 18.5 Å². The van der Waals surface area contributed by atoms with Crippen molar-refractivity contribution in [2.24, 2.45) is 5.92 Å². The second kappa shape index (κ2) is 6.44. The Balaban J connectivity index is 2.14. The van der Waals surface area contributed by atoms with Crippen LogP contribution < -0.4 is 0 Å². The summed E-state index contributed by atoms with van der Waals surface area (Å²) in [6, 6.07) is 0. The minimum absolute atomic E-state index is 0.113. The molecule has 0 bridgehead atoms. The number of alkyl halides is 2. The van der Waals surface area contributed by atoms with Gasteiger partial charge in [0.05, 0.1) is 10.3 Å². The van der Waals surface area contributed by atoms with E-state index in [-0.39, 0.29) is 10.3 Å². The average molecular weight is 311 g/mol. The molecule has 0 amide bonds. The molecular formula is C13H24Cl2O2Si. The summed E-state index contributed by atoms with van der Waals surface area (Å²) in [4.78, 5) is -0.219. The maximum atomic E-state index is 6.96. The monoisotopic (exact) mass is 310 g/mol.